The molecule has 8 heteroatoms. The second-order valence-corrected chi connectivity index (χ2v) is 4.33. The average molecular weight is 287 g/mol. The summed E-state index contributed by atoms with van der Waals surface area (Å²) in [5, 5.41) is 0.0383. The largest absolute Gasteiger partial charge is 0.467 e. The number of nitrogens with zero attached hydrogens (tertiary/aromatic N) is 4. The molecule has 104 valence electrons. The van der Waals surface area contributed by atoms with Crippen molar-refractivity contribution in [1.29, 1.82) is 0 Å². The second-order valence-electron chi connectivity index (χ2n) is 3.99. The van der Waals surface area contributed by atoms with E-state index in [-0.39, 0.29) is 23.3 Å². The first-order valence-corrected chi connectivity index (χ1v) is 6.42. The molecule has 0 radical (unpaired) electrons. The van der Waals surface area contributed by atoms with Crippen LogP contribution in [0.2, 0.25) is 5.28 Å². The molecule has 1 unspecified atom stereocenters. The summed E-state index contributed by atoms with van der Waals surface area (Å²) in [6.45, 7) is 2.80. The van der Waals surface area contributed by atoms with Gasteiger partial charge in [0.1, 0.15) is 6.04 Å². The summed E-state index contributed by atoms with van der Waals surface area (Å²) in [6.07, 6.45) is 1.58. The van der Waals surface area contributed by atoms with Crippen LogP contribution < -0.4 is 9.64 Å². The van der Waals surface area contributed by atoms with E-state index in [1.165, 1.54) is 7.11 Å². The summed E-state index contributed by atoms with van der Waals surface area (Å²) >= 11 is 5.81. The first kappa shape index (κ1) is 13.8. The molecule has 0 aliphatic carbocycles. The van der Waals surface area contributed by atoms with Crippen molar-refractivity contribution in [2.45, 2.75) is 25.8 Å². The van der Waals surface area contributed by atoms with Gasteiger partial charge in [0.2, 0.25) is 11.2 Å². The Morgan fingerprint density at radius 3 is 2.95 bits per heavy atom. The van der Waals surface area contributed by atoms with Gasteiger partial charge in [-0.2, -0.15) is 15.0 Å². The van der Waals surface area contributed by atoms with Gasteiger partial charge in [-0.25, -0.2) is 4.79 Å². The van der Waals surface area contributed by atoms with E-state index in [9.17, 15) is 4.79 Å². The van der Waals surface area contributed by atoms with Crippen molar-refractivity contribution in [3.8, 4) is 6.01 Å². The van der Waals surface area contributed by atoms with Gasteiger partial charge in [0, 0.05) is 6.54 Å². The smallest absolute Gasteiger partial charge is 0.328 e. The molecule has 1 atom stereocenters. The normalized spacial score (nSPS) is 18.5. The maximum Gasteiger partial charge on any atom is 0.328 e. The lowest BCUT2D eigenvalue weighted by Gasteiger charge is -2.22. The quantitative estimate of drug-likeness (QED) is 0.766. The van der Waals surface area contributed by atoms with Gasteiger partial charge in [0.25, 0.3) is 0 Å². The molecule has 0 N–H and O–H groups in total. The Bertz CT molecular complexity index is 471. The van der Waals surface area contributed by atoms with E-state index in [4.69, 9.17) is 21.1 Å². The van der Waals surface area contributed by atoms with E-state index in [0.29, 0.717) is 25.5 Å². The molecule has 0 spiro atoms. The average Bonchev–Trinajstić information content (AvgIpc) is 2.87. The summed E-state index contributed by atoms with van der Waals surface area (Å²) in [5.74, 6) is 0.0721. The van der Waals surface area contributed by atoms with Gasteiger partial charge in [-0.3, -0.25) is 0 Å². The Morgan fingerprint density at radius 2 is 2.26 bits per heavy atom. The highest BCUT2D eigenvalue weighted by Gasteiger charge is 2.34. The number of esters is 1. The van der Waals surface area contributed by atoms with Crippen molar-refractivity contribution in [1.82, 2.24) is 15.0 Å². The highest BCUT2D eigenvalue weighted by Crippen LogP contribution is 2.25. The third-order valence-corrected chi connectivity index (χ3v) is 3.00. The minimum Gasteiger partial charge on any atom is -0.467 e. The number of aromatic nitrogens is 3. The predicted octanol–water partition coefficient (Wildman–Crippen LogP) is 1.07. The number of rotatable bonds is 4. The summed E-state index contributed by atoms with van der Waals surface area (Å²) in [6, 6.07) is -0.243. The van der Waals surface area contributed by atoms with Gasteiger partial charge < -0.3 is 14.4 Å². The summed E-state index contributed by atoms with van der Waals surface area (Å²) in [4.78, 5) is 25.6. The van der Waals surface area contributed by atoms with Gasteiger partial charge in [0.05, 0.1) is 13.7 Å². The molecule has 0 saturated carbocycles. The zero-order chi connectivity index (χ0) is 13.8. The fraction of sp³-hybridized carbons (Fsp3) is 0.636. The molecule has 7 nitrogen and oxygen atoms in total. The highest BCUT2D eigenvalue weighted by atomic mass is 35.5. The minimum absolute atomic E-state index is 0.0383. The molecule has 1 aliphatic heterocycles. The Morgan fingerprint density at radius 1 is 1.47 bits per heavy atom. The van der Waals surface area contributed by atoms with Crippen LogP contribution in [0.3, 0.4) is 0 Å². The molecule has 2 heterocycles. The SMILES string of the molecule is CCOC(=O)C1CCCN1c1nc(Cl)nc(OC)n1. The van der Waals surface area contributed by atoms with Gasteiger partial charge in [0.15, 0.2) is 0 Å². The predicted molar refractivity (Wildman–Crippen MR) is 68.4 cm³/mol. The summed E-state index contributed by atoms with van der Waals surface area (Å²) < 4.78 is 10.00. The zero-order valence-electron chi connectivity index (χ0n) is 10.8. The van der Waals surface area contributed by atoms with E-state index in [1.807, 2.05) is 0 Å². The molecule has 1 aromatic heterocycles. The van der Waals surface area contributed by atoms with Crippen LogP contribution in [0.4, 0.5) is 5.95 Å². The number of hydrogen-bond donors (Lipinski definition) is 0. The number of hydrogen-bond acceptors (Lipinski definition) is 7. The number of anilines is 1. The molecular formula is C11H15ClN4O3. The Kier molecular flexibility index (Phi) is 4.36. The molecule has 1 saturated heterocycles. The maximum absolute atomic E-state index is 11.9. The van der Waals surface area contributed by atoms with Gasteiger partial charge in [-0.1, -0.05) is 0 Å². The third-order valence-electron chi connectivity index (χ3n) is 2.83. The number of ether oxygens (including phenoxy) is 2. The summed E-state index contributed by atoms with van der Waals surface area (Å²) in [7, 11) is 1.45. The van der Waals surface area contributed by atoms with Crippen molar-refractivity contribution in [2.75, 3.05) is 25.2 Å². The van der Waals surface area contributed by atoms with Crippen LogP contribution in [-0.2, 0) is 9.53 Å². The summed E-state index contributed by atoms with van der Waals surface area (Å²) in [5.41, 5.74) is 0. The van der Waals surface area contributed by atoms with Crippen LogP contribution >= 0.6 is 11.6 Å². The highest BCUT2D eigenvalue weighted by molar-refractivity contribution is 6.28. The zero-order valence-corrected chi connectivity index (χ0v) is 11.6. The number of carbonyl (C=O) groups is 1. The maximum atomic E-state index is 11.9. The number of carbonyl (C=O) groups excluding carboxylic acids is 1. The second kappa shape index (κ2) is 6.01. The monoisotopic (exact) mass is 286 g/mol. The van der Waals surface area contributed by atoms with Gasteiger partial charge in [-0.05, 0) is 31.4 Å². The van der Waals surface area contributed by atoms with Crippen LogP contribution in [0.25, 0.3) is 0 Å². The van der Waals surface area contributed by atoms with Crippen LogP contribution in [0.1, 0.15) is 19.8 Å². The molecule has 0 aromatic carbocycles. The lowest BCUT2D eigenvalue weighted by molar-refractivity contribution is -0.144. The number of halogens is 1. The van der Waals surface area contributed by atoms with E-state index < -0.39 is 0 Å². The van der Waals surface area contributed by atoms with Gasteiger partial charge in [-0.15, -0.1) is 0 Å². The molecule has 19 heavy (non-hydrogen) atoms. The van der Waals surface area contributed by atoms with Crippen molar-refractivity contribution >= 4 is 23.5 Å². The van der Waals surface area contributed by atoms with Crippen LogP contribution in [-0.4, -0.2) is 47.2 Å². The molecular weight excluding hydrogens is 272 g/mol. The minimum atomic E-state index is -0.372. The van der Waals surface area contributed by atoms with Gasteiger partial charge >= 0.3 is 12.0 Å². The number of methoxy groups -OCH3 is 1. The van der Waals surface area contributed by atoms with E-state index in [0.717, 1.165) is 6.42 Å². The van der Waals surface area contributed by atoms with Crippen LogP contribution in [0, 0.1) is 0 Å². The Balaban J connectivity index is 2.24. The van der Waals surface area contributed by atoms with E-state index in [2.05, 4.69) is 15.0 Å². The lowest BCUT2D eigenvalue weighted by atomic mass is 10.2. The first-order chi connectivity index (χ1) is 9.15. The standard InChI is InChI=1S/C11H15ClN4O3/c1-3-19-8(17)7-5-4-6-16(7)10-13-9(12)14-11(15-10)18-2/h7H,3-6H2,1-2H3. The first-order valence-electron chi connectivity index (χ1n) is 6.04. The molecule has 2 rings (SSSR count). The van der Waals surface area contributed by atoms with Crippen LogP contribution in [0.5, 0.6) is 6.01 Å². The molecule has 1 fully saturated rings. The fourth-order valence-electron chi connectivity index (χ4n) is 2.03. The fourth-order valence-corrected chi connectivity index (χ4v) is 2.18. The van der Waals surface area contributed by atoms with E-state index in [1.54, 1.807) is 11.8 Å². The van der Waals surface area contributed by atoms with E-state index >= 15 is 0 Å². The third kappa shape index (κ3) is 3.04. The Hall–Kier alpha value is -1.63. The van der Waals surface area contributed by atoms with Crippen molar-refractivity contribution in [3.63, 3.8) is 0 Å². The molecule has 0 amide bonds. The van der Waals surface area contributed by atoms with Crippen molar-refractivity contribution in [2.24, 2.45) is 0 Å². The molecule has 1 aromatic rings. The Labute approximate surface area is 115 Å². The lowest BCUT2D eigenvalue weighted by Crippen LogP contribution is -2.38. The molecule has 0 bridgehead atoms. The van der Waals surface area contributed by atoms with Crippen molar-refractivity contribution in [3.05, 3.63) is 5.28 Å². The van der Waals surface area contributed by atoms with Crippen molar-refractivity contribution < 1.29 is 14.3 Å². The van der Waals surface area contributed by atoms with Crippen LogP contribution in [0.15, 0.2) is 0 Å². The topological polar surface area (TPSA) is 77.4 Å². The molecule has 1 aliphatic rings.